The fourth-order valence-corrected chi connectivity index (χ4v) is 11.3. The van der Waals surface area contributed by atoms with Crippen molar-refractivity contribution in [1.82, 2.24) is 0 Å². The smallest absolute Gasteiger partial charge is 0.143 e. The van der Waals surface area contributed by atoms with Crippen LogP contribution >= 0.6 is 0 Å². The van der Waals surface area contributed by atoms with Crippen molar-refractivity contribution in [2.24, 2.45) is 0 Å². The minimum absolute atomic E-state index is 0.194. The quantitative estimate of drug-likeness (QED) is 0.166. The minimum atomic E-state index is -0.194. The van der Waals surface area contributed by atoms with Gasteiger partial charge in [0.25, 0.3) is 0 Å². The fourth-order valence-electron chi connectivity index (χ4n) is 11.3. The summed E-state index contributed by atoms with van der Waals surface area (Å²) in [6.07, 6.45) is 0. The Morgan fingerprint density at radius 2 is 0.742 bits per heavy atom. The molecule has 13 rings (SSSR count). The van der Waals surface area contributed by atoms with Crippen molar-refractivity contribution in [3.63, 3.8) is 0 Å². The molecule has 0 N–H and O–H groups in total. The number of anilines is 3. The van der Waals surface area contributed by atoms with E-state index in [1.807, 2.05) is 0 Å². The van der Waals surface area contributed by atoms with Gasteiger partial charge in [0.15, 0.2) is 0 Å². The number of benzene rings is 10. The second-order valence-corrected chi connectivity index (χ2v) is 19.3. The van der Waals surface area contributed by atoms with E-state index in [0.717, 1.165) is 55.5 Å². The Bertz CT molecular complexity index is 3590. The van der Waals surface area contributed by atoms with Gasteiger partial charge in [0.05, 0.1) is 0 Å². The molecule has 2 nitrogen and oxygen atoms in total. The third-order valence-corrected chi connectivity index (χ3v) is 14.9. The fraction of sp³-hybridized carbons (Fsp3) is 0.0938. The van der Waals surface area contributed by atoms with Gasteiger partial charge in [-0.15, -0.1) is 0 Å². The number of hydrogen-bond donors (Lipinski definition) is 0. The van der Waals surface area contributed by atoms with Crippen LogP contribution in [-0.4, -0.2) is 0 Å². The average Bonchev–Trinajstić information content (AvgIpc) is 3.93. The normalized spacial score (nSPS) is 14.0. The zero-order valence-corrected chi connectivity index (χ0v) is 37.6. The summed E-state index contributed by atoms with van der Waals surface area (Å²) in [5.74, 6) is 0. The molecule has 0 saturated heterocycles. The second kappa shape index (κ2) is 14.3. The largest absolute Gasteiger partial charge is 0.455 e. The van der Waals surface area contributed by atoms with Crippen molar-refractivity contribution in [3.8, 4) is 55.6 Å². The van der Waals surface area contributed by atoms with E-state index >= 15 is 0 Å². The summed E-state index contributed by atoms with van der Waals surface area (Å²) < 4.78 is 6.61. The average molecular weight is 846 g/mol. The van der Waals surface area contributed by atoms with E-state index in [9.17, 15) is 0 Å². The van der Waals surface area contributed by atoms with Crippen LogP contribution in [0.25, 0.3) is 88.3 Å². The SMILES string of the molecule is CC1(C)c2cc(-c3ccccc3)ccc2-c2ccc(N(c3ccc(-c4ccc5c(c4)oc4c6ccccc6ccc54)cc3)c3ccc4c(c3)C(C)(C)c3cc(-c5ccccc5)ccc3-4)cc21. The molecule has 2 heteroatoms. The van der Waals surface area contributed by atoms with Crippen LogP contribution in [0.15, 0.2) is 217 Å². The lowest BCUT2D eigenvalue weighted by molar-refractivity contribution is 0.660. The van der Waals surface area contributed by atoms with Gasteiger partial charge in [-0.2, -0.15) is 0 Å². The van der Waals surface area contributed by atoms with Crippen LogP contribution < -0.4 is 4.90 Å². The third-order valence-electron chi connectivity index (χ3n) is 14.9. The number of rotatable bonds is 6. The highest BCUT2D eigenvalue weighted by atomic mass is 16.3. The zero-order valence-electron chi connectivity index (χ0n) is 37.6. The molecular weight excluding hydrogens is 799 g/mol. The lowest BCUT2D eigenvalue weighted by atomic mass is 9.81. The Morgan fingerprint density at radius 3 is 1.32 bits per heavy atom. The van der Waals surface area contributed by atoms with E-state index in [1.165, 1.54) is 72.1 Å². The maximum atomic E-state index is 6.61. The highest BCUT2D eigenvalue weighted by Gasteiger charge is 2.38. The molecule has 0 unspecified atom stereocenters. The van der Waals surface area contributed by atoms with E-state index in [0.29, 0.717) is 0 Å². The Kier molecular flexibility index (Phi) is 8.33. The molecule has 0 radical (unpaired) electrons. The Labute approximate surface area is 386 Å². The Hall–Kier alpha value is -7.94. The first-order chi connectivity index (χ1) is 32.2. The van der Waals surface area contributed by atoms with Gasteiger partial charge in [0, 0.05) is 44.1 Å². The van der Waals surface area contributed by atoms with Gasteiger partial charge < -0.3 is 9.32 Å². The van der Waals surface area contributed by atoms with Gasteiger partial charge in [-0.1, -0.05) is 173 Å². The molecule has 0 amide bonds. The maximum absolute atomic E-state index is 6.61. The molecule has 2 aliphatic rings. The Balaban J connectivity index is 0.921. The van der Waals surface area contributed by atoms with Crippen molar-refractivity contribution < 1.29 is 4.42 Å². The predicted molar refractivity (Wildman–Crippen MR) is 277 cm³/mol. The second-order valence-electron chi connectivity index (χ2n) is 19.3. The van der Waals surface area contributed by atoms with Crippen LogP contribution in [-0.2, 0) is 10.8 Å². The molecule has 0 saturated carbocycles. The van der Waals surface area contributed by atoms with Crippen molar-refractivity contribution in [2.75, 3.05) is 4.90 Å². The third kappa shape index (κ3) is 5.81. The molecule has 0 atom stereocenters. The van der Waals surface area contributed by atoms with Crippen molar-refractivity contribution in [3.05, 3.63) is 235 Å². The van der Waals surface area contributed by atoms with Gasteiger partial charge in [-0.05, 0) is 150 Å². The summed E-state index contributed by atoms with van der Waals surface area (Å²) >= 11 is 0. The predicted octanol–water partition coefficient (Wildman–Crippen LogP) is 17.8. The van der Waals surface area contributed by atoms with Crippen molar-refractivity contribution in [2.45, 2.75) is 38.5 Å². The molecule has 1 aromatic heterocycles. The van der Waals surface area contributed by atoms with E-state index in [1.54, 1.807) is 0 Å². The van der Waals surface area contributed by atoms with Crippen molar-refractivity contribution >= 4 is 49.8 Å². The summed E-state index contributed by atoms with van der Waals surface area (Å²) in [6, 6.07) is 78.3. The monoisotopic (exact) mass is 845 g/mol. The first-order valence-electron chi connectivity index (χ1n) is 23.2. The summed E-state index contributed by atoms with van der Waals surface area (Å²) in [6.45, 7) is 9.54. The van der Waals surface area contributed by atoms with Gasteiger partial charge in [-0.25, -0.2) is 0 Å². The highest BCUT2D eigenvalue weighted by molar-refractivity contribution is 6.15. The topological polar surface area (TPSA) is 16.4 Å². The van der Waals surface area contributed by atoms with Crippen LogP contribution in [0.5, 0.6) is 0 Å². The molecule has 0 spiro atoms. The van der Waals surface area contributed by atoms with Gasteiger partial charge in [0.2, 0.25) is 0 Å². The van der Waals surface area contributed by atoms with Crippen LogP contribution in [0.3, 0.4) is 0 Å². The summed E-state index contributed by atoms with van der Waals surface area (Å²) in [4.78, 5) is 2.46. The standard InChI is InChI=1S/C64H47NO/c1-63(2)57-35-44(40-13-7-5-8-14-40)22-29-51(57)53-33-27-48(38-59(53)63)65(49-28-34-54-52-30-23-45(41-15-9-6-10-16-41)36-58(52)64(3,4)60(54)39-49)47-25-19-42(20-26-47)46-24-31-55-56-32-21-43-17-11-12-18-50(43)62(56)66-61(55)37-46/h5-39H,1-4H3. The molecule has 66 heavy (non-hydrogen) atoms. The summed E-state index contributed by atoms with van der Waals surface area (Å²) in [5.41, 5.74) is 22.8. The van der Waals surface area contributed by atoms with Crippen LogP contribution in [0.2, 0.25) is 0 Å². The first kappa shape index (κ1) is 38.5. The van der Waals surface area contributed by atoms with E-state index in [-0.39, 0.29) is 10.8 Å². The zero-order chi connectivity index (χ0) is 44.3. The maximum Gasteiger partial charge on any atom is 0.143 e. The summed E-state index contributed by atoms with van der Waals surface area (Å²) in [5, 5.41) is 4.62. The number of furan rings is 1. The molecule has 0 fully saturated rings. The van der Waals surface area contributed by atoms with E-state index in [4.69, 9.17) is 4.42 Å². The van der Waals surface area contributed by atoms with Gasteiger partial charge in [-0.3, -0.25) is 0 Å². The number of hydrogen-bond acceptors (Lipinski definition) is 2. The molecule has 0 aliphatic heterocycles. The van der Waals surface area contributed by atoms with E-state index < -0.39 is 0 Å². The molecule has 0 bridgehead atoms. The summed E-state index contributed by atoms with van der Waals surface area (Å²) in [7, 11) is 0. The highest BCUT2D eigenvalue weighted by Crippen LogP contribution is 2.54. The minimum Gasteiger partial charge on any atom is -0.455 e. The molecule has 2 aliphatic carbocycles. The lowest BCUT2D eigenvalue weighted by Crippen LogP contribution is -2.18. The molecule has 11 aromatic rings. The van der Waals surface area contributed by atoms with Crippen LogP contribution in [0.1, 0.15) is 49.9 Å². The van der Waals surface area contributed by atoms with Gasteiger partial charge in [0.1, 0.15) is 11.2 Å². The lowest BCUT2D eigenvalue weighted by Gasteiger charge is -2.30. The van der Waals surface area contributed by atoms with Crippen LogP contribution in [0.4, 0.5) is 17.1 Å². The first-order valence-corrected chi connectivity index (χ1v) is 23.2. The molecule has 1 heterocycles. The molecular formula is C64H47NO. The van der Waals surface area contributed by atoms with Crippen LogP contribution in [0, 0.1) is 0 Å². The number of nitrogens with zero attached hydrogens (tertiary/aromatic N) is 1. The number of fused-ring (bicyclic) bond motifs is 11. The Morgan fingerprint density at radius 1 is 0.318 bits per heavy atom. The van der Waals surface area contributed by atoms with E-state index in [2.05, 4.69) is 245 Å². The van der Waals surface area contributed by atoms with Gasteiger partial charge >= 0.3 is 0 Å². The molecule has 314 valence electrons. The molecule has 10 aromatic carbocycles. The van der Waals surface area contributed by atoms with Crippen molar-refractivity contribution in [1.29, 1.82) is 0 Å².